The zero-order valence-electron chi connectivity index (χ0n) is 12.5. The van der Waals surface area contributed by atoms with Gasteiger partial charge in [-0.3, -0.25) is 0 Å². The molecule has 120 valence electrons. The van der Waals surface area contributed by atoms with Crippen LogP contribution in [0.5, 0.6) is 0 Å². The van der Waals surface area contributed by atoms with E-state index in [1.54, 1.807) is 0 Å². The van der Waals surface area contributed by atoms with Crippen LogP contribution >= 0.6 is 0 Å². The van der Waals surface area contributed by atoms with Crippen molar-refractivity contribution in [1.29, 1.82) is 0 Å². The second-order valence-corrected chi connectivity index (χ2v) is 4.99. The summed E-state index contributed by atoms with van der Waals surface area (Å²) in [5, 5.41) is 17.4. The Morgan fingerprint density at radius 1 is 0.800 bits per heavy atom. The molecule has 6 heteroatoms. The molecule has 1 fully saturated rings. The van der Waals surface area contributed by atoms with Crippen molar-refractivity contribution in [2.24, 2.45) is 0 Å². The van der Waals surface area contributed by atoms with Gasteiger partial charge in [0.15, 0.2) is 12.6 Å². The van der Waals surface area contributed by atoms with E-state index in [1.807, 2.05) is 13.8 Å². The third-order valence-corrected chi connectivity index (χ3v) is 3.28. The Morgan fingerprint density at radius 2 is 1.15 bits per heavy atom. The summed E-state index contributed by atoms with van der Waals surface area (Å²) < 4.78 is 22.1. The Hall–Kier alpha value is -0.240. The van der Waals surface area contributed by atoms with Crippen molar-refractivity contribution in [2.45, 2.75) is 64.3 Å². The summed E-state index contributed by atoms with van der Waals surface area (Å²) in [5.41, 5.74) is 0. The molecular weight excluding hydrogens is 264 g/mol. The van der Waals surface area contributed by atoms with Crippen molar-refractivity contribution in [3.63, 3.8) is 0 Å². The van der Waals surface area contributed by atoms with E-state index in [0.29, 0.717) is 13.2 Å². The molecule has 1 rings (SSSR count). The van der Waals surface area contributed by atoms with Crippen LogP contribution in [0.15, 0.2) is 0 Å². The summed E-state index contributed by atoms with van der Waals surface area (Å²) in [6, 6.07) is 0. The minimum Gasteiger partial charge on any atom is -0.394 e. The summed E-state index contributed by atoms with van der Waals surface area (Å²) in [6.45, 7) is 4.34. The molecule has 2 N–H and O–H groups in total. The van der Waals surface area contributed by atoms with Gasteiger partial charge in [-0.2, -0.15) is 0 Å². The number of rotatable bonds is 10. The molecule has 0 radical (unpaired) electrons. The topological polar surface area (TPSA) is 77.4 Å². The van der Waals surface area contributed by atoms with Crippen molar-refractivity contribution < 1.29 is 29.2 Å². The predicted molar refractivity (Wildman–Crippen MR) is 73.2 cm³/mol. The first kappa shape index (κ1) is 17.8. The van der Waals surface area contributed by atoms with Crippen LogP contribution in [-0.2, 0) is 18.9 Å². The molecule has 0 amide bonds. The lowest BCUT2D eigenvalue weighted by molar-refractivity contribution is -0.195. The predicted octanol–water partition coefficient (Wildman–Crippen LogP) is 1.04. The van der Waals surface area contributed by atoms with E-state index in [2.05, 4.69) is 0 Å². The summed E-state index contributed by atoms with van der Waals surface area (Å²) in [7, 11) is 0. The van der Waals surface area contributed by atoms with E-state index in [4.69, 9.17) is 29.2 Å². The monoisotopic (exact) mass is 292 g/mol. The van der Waals surface area contributed by atoms with Gasteiger partial charge < -0.3 is 29.2 Å². The van der Waals surface area contributed by atoms with Crippen LogP contribution in [0.2, 0.25) is 0 Å². The van der Waals surface area contributed by atoms with Crippen molar-refractivity contribution in [3.8, 4) is 0 Å². The maximum Gasteiger partial charge on any atom is 0.155 e. The van der Waals surface area contributed by atoms with E-state index in [1.165, 1.54) is 0 Å². The Kier molecular flexibility index (Phi) is 9.33. The smallest absolute Gasteiger partial charge is 0.155 e. The molecule has 1 aliphatic rings. The fourth-order valence-electron chi connectivity index (χ4n) is 2.36. The zero-order valence-corrected chi connectivity index (χ0v) is 12.5. The van der Waals surface area contributed by atoms with Gasteiger partial charge in [0.2, 0.25) is 0 Å². The standard InChI is InChI=1S/C14H28O6/c1-11(17-9-7-15)19-13-3-5-14(6-4-13)20-12(2)18-10-8-16/h11-16H,3-10H2,1-2H3. The zero-order chi connectivity index (χ0) is 14.8. The van der Waals surface area contributed by atoms with E-state index >= 15 is 0 Å². The second kappa shape index (κ2) is 10.5. The molecule has 2 atom stereocenters. The lowest BCUT2D eigenvalue weighted by Gasteiger charge is -2.31. The first-order valence-corrected chi connectivity index (χ1v) is 7.41. The number of hydrogen-bond acceptors (Lipinski definition) is 6. The minimum atomic E-state index is -0.281. The molecule has 0 saturated heterocycles. The fraction of sp³-hybridized carbons (Fsp3) is 1.00. The second-order valence-electron chi connectivity index (χ2n) is 4.99. The van der Waals surface area contributed by atoms with Gasteiger partial charge in [0.1, 0.15) is 0 Å². The molecule has 0 aliphatic heterocycles. The van der Waals surface area contributed by atoms with E-state index in [0.717, 1.165) is 25.7 Å². The molecule has 2 unspecified atom stereocenters. The largest absolute Gasteiger partial charge is 0.394 e. The molecule has 0 spiro atoms. The fourth-order valence-corrected chi connectivity index (χ4v) is 2.36. The van der Waals surface area contributed by atoms with Gasteiger partial charge in [-0.25, -0.2) is 0 Å². The lowest BCUT2D eigenvalue weighted by atomic mass is 9.95. The highest BCUT2D eigenvalue weighted by molar-refractivity contribution is 4.73. The van der Waals surface area contributed by atoms with Gasteiger partial charge in [0.25, 0.3) is 0 Å². The number of ether oxygens (including phenoxy) is 4. The molecule has 1 saturated carbocycles. The lowest BCUT2D eigenvalue weighted by Crippen LogP contribution is -2.32. The molecule has 0 heterocycles. The molecular formula is C14H28O6. The van der Waals surface area contributed by atoms with Crippen molar-refractivity contribution in [1.82, 2.24) is 0 Å². The van der Waals surface area contributed by atoms with Gasteiger partial charge in [-0.05, 0) is 39.5 Å². The SMILES string of the molecule is CC(OCCO)OC1CCC(OC(C)OCCO)CC1. The summed E-state index contributed by atoms with van der Waals surface area (Å²) in [4.78, 5) is 0. The quantitative estimate of drug-likeness (QED) is 0.586. The Morgan fingerprint density at radius 3 is 1.45 bits per heavy atom. The van der Waals surface area contributed by atoms with Gasteiger partial charge >= 0.3 is 0 Å². The highest BCUT2D eigenvalue weighted by Crippen LogP contribution is 2.25. The molecule has 0 aromatic rings. The van der Waals surface area contributed by atoms with Crippen LogP contribution in [0, 0.1) is 0 Å². The highest BCUT2D eigenvalue weighted by Gasteiger charge is 2.25. The highest BCUT2D eigenvalue weighted by atomic mass is 16.7. The van der Waals surface area contributed by atoms with Gasteiger partial charge in [-0.1, -0.05) is 0 Å². The third kappa shape index (κ3) is 7.52. The minimum absolute atomic E-state index is 0.0139. The third-order valence-electron chi connectivity index (χ3n) is 3.28. The van der Waals surface area contributed by atoms with Crippen LogP contribution in [0.25, 0.3) is 0 Å². The normalized spacial score (nSPS) is 26.4. The van der Waals surface area contributed by atoms with Crippen LogP contribution in [0.3, 0.4) is 0 Å². The summed E-state index contributed by atoms with van der Waals surface area (Å²) in [6.07, 6.45) is 3.56. The number of hydrogen-bond donors (Lipinski definition) is 2. The average molecular weight is 292 g/mol. The van der Waals surface area contributed by atoms with Gasteiger partial charge in [-0.15, -0.1) is 0 Å². The first-order valence-electron chi connectivity index (χ1n) is 7.41. The van der Waals surface area contributed by atoms with Crippen LogP contribution < -0.4 is 0 Å². The first-order chi connectivity index (χ1) is 9.65. The van der Waals surface area contributed by atoms with Crippen LogP contribution in [0.1, 0.15) is 39.5 Å². The maximum atomic E-state index is 8.68. The Balaban J connectivity index is 2.13. The molecule has 1 aliphatic carbocycles. The molecule has 0 bridgehead atoms. The molecule has 20 heavy (non-hydrogen) atoms. The van der Waals surface area contributed by atoms with E-state index in [-0.39, 0.29) is 38.0 Å². The van der Waals surface area contributed by atoms with E-state index in [9.17, 15) is 0 Å². The Bertz CT molecular complexity index is 206. The molecule has 6 nitrogen and oxygen atoms in total. The van der Waals surface area contributed by atoms with Crippen molar-refractivity contribution in [2.75, 3.05) is 26.4 Å². The van der Waals surface area contributed by atoms with E-state index < -0.39 is 0 Å². The van der Waals surface area contributed by atoms with Gasteiger partial charge in [0, 0.05) is 0 Å². The van der Waals surface area contributed by atoms with Crippen molar-refractivity contribution in [3.05, 3.63) is 0 Å². The summed E-state index contributed by atoms with van der Waals surface area (Å²) in [5.74, 6) is 0. The molecule has 0 aromatic carbocycles. The molecule has 0 aromatic heterocycles. The van der Waals surface area contributed by atoms with Crippen molar-refractivity contribution >= 4 is 0 Å². The Labute approximate surface area is 121 Å². The van der Waals surface area contributed by atoms with Gasteiger partial charge in [0.05, 0.1) is 38.6 Å². The van der Waals surface area contributed by atoms with Crippen LogP contribution in [-0.4, -0.2) is 61.4 Å². The summed E-state index contributed by atoms with van der Waals surface area (Å²) >= 11 is 0. The van der Waals surface area contributed by atoms with Crippen LogP contribution in [0.4, 0.5) is 0 Å². The number of aliphatic hydroxyl groups excluding tert-OH is 2. The maximum absolute atomic E-state index is 8.68. The number of aliphatic hydroxyl groups is 2. The average Bonchev–Trinajstić information content (AvgIpc) is 2.45.